The minimum Gasteiger partial charge on any atom is -0.354 e. The van der Waals surface area contributed by atoms with Crippen LogP contribution in [0.25, 0.3) is 6.08 Å². The maximum absolute atomic E-state index is 12.7. The fraction of sp³-hybridized carbons (Fsp3) is 0.250. The molecule has 2 aromatic carbocycles. The van der Waals surface area contributed by atoms with E-state index < -0.39 is 0 Å². The first kappa shape index (κ1) is 28.8. The summed E-state index contributed by atoms with van der Waals surface area (Å²) in [5.41, 5.74) is 3.83. The Labute approximate surface area is 250 Å². The lowest BCUT2D eigenvalue weighted by Crippen LogP contribution is -2.46. The van der Waals surface area contributed by atoms with Gasteiger partial charge in [0.2, 0.25) is 0 Å². The number of thioether (sulfide) groups is 1. The number of carbonyl (C=O) groups is 1. The van der Waals surface area contributed by atoms with Crippen LogP contribution in [0, 0.1) is 0 Å². The molecule has 1 N–H and O–H groups in total. The summed E-state index contributed by atoms with van der Waals surface area (Å²) < 4.78 is 0. The van der Waals surface area contributed by atoms with E-state index in [9.17, 15) is 4.79 Å². The molecule has 0 unspecified atom stereocenters. The summed E-state index contributed by atoms with van der Waals surface area (Å²) >= 11 is 7.92. The molecule has 1 aliphatic heterocycles. The second-order valence-electron chi connectivity index (χ2n) is 9.75. The van der Waals surface area contributed by atoms with Crippen molar-refractivity contribution in [2.24, 2.45) is 0 Å². The number of piperazine rings is 1. The quantitative estimate of drug-likeness (QED) is 0.139. The monoisotopic (exact) mass is 584 g/mol. The van der Waals surface area contributed by atoms with Crippen LogP contribution in [0.1, 0.15) is 27.2 Å². The van der Waals surface area contributed by atoms with E-state index in [1.54, 1.807) is 6.20 Å². The smallest absolute Gasteiger partial charge is 0.251 e. The molecule has 41 heavy (non-hydrogen) atoms. The average Bonchev–Trinajstić information content (AvgIpc) is 3.01. The number of amides is 1. The summed E-state index contributed by atoms with van der Waals surface area (Å²) in [7, 11) is 0. The standard InChI is InChI=1S/C32H33ClN6OS/c33-29-23-30(39-20-18-38(19-21-39)17-7-11-25-8-2-1-3-9-25)37-32(36-29)41-24-26-10-6-12-27(22-26)31(40)35-16-14-28-13-4-5-15-34-28/h1-13,15,22-23H,14,16-21,24H2,(H,35,40)/b11-7+. The summed E-state index contributed by atoms with van der Waals surface area (Å²) in [5.74, 6) is 1.40. The lowest BCUT2D eigenvalue weighted by Gasteiger charge is -2.35. The number of hydrogen-bond acceptors (Lipinski definition) is 7. The van der Waals surface area contributed by atoms with Crippen molar-refractivity contribution < 1.29 is 4.79 Å². The van der Waals surface area contributed by atoms with E-state index in [4.69, 9.17) is 16.6 Å². The van der Waals surface area contributed by atoms with Gasteiger partial charge in [0.15, 0.2) is 5.16 Å². The zero-order valence-corrected chi connectivity index (χ0v) is 24.4. The van der Waals surface area contributed by atoms with Crippen LogP contribution < -0.4 is 10.2 Å². The van der Waals surface area contributed by atoms with Crippen molar-refractivity contribution in [2.45, 2.75) is 17.3 Å². The van der Waals surface area contributed by atoms with Crippen LogP contribution in [0.5, 0.6) is 0 Å². The molecule has 5 rings (SSSR count). The third-order valence-electron chi connectivity index (χ3n) is 6.78. The molecule has 3 heterocycles. The molecule has 9 heteroatoms. The van der Waals surface area contributed by atoms with Crippen molar-refractivity contribution in [2.75, 3.05) is 44.2 Å². The van der Waals surface area contributed by atoms with Crippen molar-refractivity contribution in [3.05, 3.63) is 119 Å². The molecule has 1 saturated heterocycles. The highest BCUT2D eigenvalue weighted by molar-refractivity contribution is 7.98. The number of nitrogens with zero attached hydrogens (tertiary/aromatic N) is 5. The Morgan fingerprint density at radius 2 is 1.78 bits per heavy atom. The molecule has 0 bridgehead atoms. The molecule has 0 spiro atoms. The van der Waals surface area contributed by atoms with Crippen LogP contribution in [0.2, 0.25) is 5.15 Å². The summed E-state index contributed by atoms with van der Waals surface area (Å²) in [4.78, 5) is 30.9. The van der Waals surface area contributed by atoms with Gasteiger partial charge in [0, 0.05) is 75.0 Å². The molecule has 0 aliphatic carbocycles. The highest BCUT2D eigenvalue weighted by atomic mass is 35.5. The van der Waals surface area contributed by atoms with Crippen LogP contribution in [-0.2, 0) is 12.2 Å². The third-order valence-corrected chi connectivity index (χ3v) is 7.89. The maximum atomic E-state index is 12.7. The zero-order valence-electron chi connectivity index (χ0n) is 22.8. The maximum Gasteiger partial charge on any atom is 0.251 e. The van der Waals surface area contributed by atoms with Gasteiger partial charge in [-0.1, -0.05) is 84.0 Å². The number of benzene rings is 2. The molecule has 0 radical (unpaired) electrons. The number of halogens is 1. The summed E-state index contributed by atoms with van der Waals surface area (Å²) in [5, 5.41) is 4.05. The molecule has 7 nitrogen and oxygen atoms in total. The van der Waals surface area contributed by atoms with Crippen molar-refractivity contribution >= 4 is 41.2 Å². The number of pyridine rings is 1. The minimum absolute atomic E-state index is 0.0937. The predicted molar refractivity (Wildman–Crippen MR) is 167 cm³/mol. The van der Waals surface area contributed by atoms with Gasteiger partial charge in [0.05, 0.1) is 0 Å². The fourth-order valence-corrected chi connectivity index (χ4v) is 5.60. The molecule has 1 amide bonds. The van der Waals surface area contributed by atoms with Crippen molar-refractivity contribution in [3.63, 3.8) is 0 Å². The van der Waals surface area contributed by atoms with Gasteiger partial charge in [-0.2, -0.15) is 0 Å². The summed E-state index contributed by atoms with van der Waals surface area (Å²) in [6.07, 6.45) is 6.85. The van der Waals surface area contributed by atoms with E-state index in [-0.39, 0.29) is 5.91 Å². The number of aromatic nitrogens is 3. The molecular weight excluding hydrogens is 552 g/mol. The Hall–Kier alpha value is -3.72. The number of hydrogen-bond donors (Lipinski definition) is 1. The van der Waals surface area contributed by atoms with Crippen molar-refractivity contribution in [1.82, 2.24) is 25.2 Å². The van der Waals surface area contributed by atoms with Crippen LogP contribution in [0.3, 0.4) is 0 Å². The van der Waals surface area contributed by atoms with Crippen molar-refractivity contribution in [1.29, 1.82) is 0 Å². The zero-order chi connectivity index (χ0) is 28.3. The Morgan fingerprint density at radius 1 is 0.951 bits per heavy atom. The highest BCUT2D eigenvalue weighted by Crippen LogP contribution is 2.25. The Balaban J connectivity index is 1.11. The molecule has 4 aromatic rings. The van der Waals surface area contributed by atoms with Gasteiger partial charge in [-0.05, 0) is 35.4 Å². The van der Waals surface area contributed by atoms with Gasteiger partial charge in [-0.3, -0.25) is 14.7 Å². The third kappa shape index (κ3) is 8.88. The van der Waals surface area contributed by atoms with Gasteiger partial charge in [-0.15, -0.1) is 0 Å². The predicted octanol–water partition coefficient (Wildman–Crippen LogP) is 5.63. The molecule has 0 saturated carbocycles. The summed E-state index contributed by atoms with van der Waals surface area (Å²) in [6, 6.07) is 25.7. The van der Waals surface area contributed by atoms with E-state index in [0.717, 1.165) is 49.8 Å². The second kappa shape index (κ2) is 14.8. The number of anilines is 1. The summed E-state index contributed by atoms with van der Waals surface area (Å²) in [6.45, 7) is 5.14. The molecule has 0 atom stereocenters. The number of nitrogens with one attached hydrogen (secondary N) is 1. The average molecular weight is 585 g/mol. The second-order valence-corrected chi connectivity index (χ2v) is 11.1. The van der Waals surface area contributed by atoms with Gasteiger partial charge in [0.1, 0.15) is 11.0 Å². The van der Waals surface area contributed by atoms with Crippen LogP contribution in [0.4, 0.5) is 5.82 Å². The highest BCUT2D eigenvalue weighted by Gasteiger charge is 2.19. The first-order chi connectivity index (χ1) is 20.1. The number of rotatable bonds is 11. The minimum atomic E-state index is -0.0937. The van der Waals surface area contributed by atoms with E-state index >= 15 is 0 Å². The lowest BCUT2D eigenvalue weighted by atomic mass is 10.1. The topological polar surface area (TPSA) is 74.2 Å². The van der Waals surface area contributed by atoms with Crippen LogP contribution >= 0.6 is 23.4 Å². The van der Waals surface area contributed by atoms with E-state index in [0.29, 0.717) is 34.6 Å². The molecular formula is C32H33ClN6OS. The SMILES string of the molecule is O=C(NCCc1ccccn1)c1cccc(CSc2nc(Cl)cc(N3CCN(C/C=C/c4ccccc4)CC3)n2)c1. The normalized spacial score (nSPS) is 13.9. The van der Waals surface area contributed by atoms with Gasteiger partial charge >= 0.3 is 0 Å². The Bertz CT molecular complexity index is 1450. The lowest BCUT2D eigenvalue weighted by molar-refractivity contribution is 0.0954. The van der Waals surface area contributed by atoms with Crippen LogP contribution in [0.15, 0.2) is 96.3 Å². The number of carbonyl (C=O) groups excluding carboxylic acids is 1. The molecule has 210 valence electrons. The molecule has 2 aromatic heterocycles. The van der Waals surface area contributed by atoms with Gasteiger partial charge in [0.25, 0.3) is 5.91 Å². The fourth-order valence-electron chi connectivity index (χ4n) is 4.58. The van der Waals surface area contributed by atoms with Gasteiger partial charge in [-0.25, -0.2) is 9.97 Å². The molecule has 1 aliphatic rings. The van der Waals surface area contributed by atoms with Gasteiger partial charge < -0.3 is 10.2 Å². The first-order valence-corrected chi connectivity index (χ1v) is 15.1. The van der Waals surface area contributed by atoms with E-state index in [1.165, 1.54) is 17.3 Å². The Kier molecular flexibility index (Phi) is 10.4. The van der Waals surface area contributed by atoms with E-state index in [2.05, 4.69) is 61.5 Å². The van der Waals surface area contributed by atoms with Crippen LogP contribution in [-0.4, -0.2) is 65.0 Å². The first-order valence-electron chi connectivity index (χ1n) is 13.8. The van der Waals surface area contributed by atoms with Crippen molar-refractivity contribution in [3.8, 4) is 0 Å². The Morgan fingerprint density at radius 3 is 2.59 bits per heavy atom. The largest absolute Gasteiger partial charge is 0.354 e. The molecule has 1 fully saturated rings. The van der Waals surface area contributed by atoms with E-state index in [1.807, 2.05) is 54.6 Å².